The summed E-state index contributed by atoms with van der Waals surface area (Å²) in [7, 11) is 5.39. The van der Waals surface area contributed by atoms with E-state index in [4.69, 9.17) is 14.7 Å². The van der Waals surface area contributed by atoms with Crippen molar-refractivity contribution in [1.29, 1.82) is 5.26 Å². The van der Waals surface area contributed by atoms with Crippen molar-refractivity contribution < 1.29 is 9.47 Å². The molecule has 1 rings (SSSR count). The molecule has 0 radical (unpaired) electrons. The van der Waals surface area contributed by atoms with Crippen molar-refractivity contribution in [2.75, 3.05) is 34.4 Å². The SMILES string of the molecule is COc1cc(CCN(C)CCC#N)c(OC)cc1C. The van der Waals surface area contributed by atoms with E-state index in [-0.39, 0.29) is 0 Å². The first-order chi connectivity index (χ1) is 9.12. The number of likely N-dealkylation sites (N-methyl/N-ethyl adjacent to an activating group) is 1. The van der Waals surface area contributed by atoms with Crippen LogP contribution in [-0.2, 0) is 6.42 Å². The van der Waals surface area contributed by atoms with Crippen molar-refractivity contribution in [2.45, 2.75) is 19.8 Å². The Labute approximate surface area is 115 Å². The number of nitrogens with zero attached hydrogens (tertiary/aromatic N) is 2. The van der Waals surface area contributed by atoms with Crippen molar-refractivity contribution >= 4 is 0 Å². The molecule has 1 aromatic carbocycles. The largest absolute Gasteiger partial charge is 0.496 e. The van der Waals surface area contributed by atoms with Gasteiger partial charge in [-0.05, 0) is 43.7 Å². The second-order valence-electron chi connectivity index (χ2n) is 4.60. The molecule has 0 unspecified atom stereocenters. The van der Waals surface area contributed by atoms with E-state index in [0.29, 0.717) is 6.42 Å². The van der Waals surface area contributed by atoms with Crippen LogP contribution < -0.4 is 9.47 Å². The topological polar surface area (TPSA) is 45.5 Å². The van der Waals surface area contributed by atoms with E-state index < -0.39 is 0 Å². The van der Waals surface area contributed by atoms with Crippen molar-refractivity contribution in [3.8, 4) is 17.6 Å². The second-order valence-corrected chi connectivity index (χ2v) is 4.60. The summed E-state index contributed by atoms with van der Waals surface area (Å²) < 4.78 is 10.8. The molecule has 0 atom stereocenters. The molecule has 0 fully saturated rings. The molecule has 104 valence electrons. The van der Waals surface area contributed by atoms with E-state index in [9.17, 15) is 0 Å². The van der Waals surface area contributed by atoms with Crippen LogP contribution in [0.4, 0.5) is 0 Å². The monoisotopic (exact) mass is 262 g/mol. The molecule has 0 aliphatic carbocycles. The summed E-state index contributed by atoms with van der Waals surface area (Å²) in [6, 6.07) is 6.20. The number of aryl methyl sites for hydroxylation is 1. The zero-order valence-corrected chi connectivity index (χ0v) is 12.2. The Balaban J connectivity index is 2.74. The average molecular weight is 262 g/mol. The summed E-state index contributed by atoms with van der Waals surface area (Å²) >= 11 is 0. The first-order valence-corrected chi connectivity index (χ1v) is 6.39. The van der Waals surface area contributed by atoms with Crippen LogP contribution in [-0.4, -0.2) is 39.3 Å². The molecule has 19 heavy (non-hydrogen) atoms. The van der Waals surface area contributed by atoms with E-state index in [2.05, 4.69) is 11.0 Å². The standard InChI is InChI=1S/C15H22N2O2/c1-12-10-15(19-4)13(11-14(12)18-3)6-9-17(2)8-5-7-16/h10-11H,5-6,8-9H2,1-4H3. The molecule has 0 spiro atoms. The summed E-state index contributed by atoms with van der Waals surface area (Å²) in [5.74, 6) is 1.78. The number of nitriles is 1. The molecule has 4 nitrogen and oxygen atoms in total. The number of hydrogen-bond acceptors (Lipinski definition) is 4. The number of benzene rings is 1. The van der Waals surface area contributed by atoms with Crippen LogP contribution in [0.25, 0.3) is 0 Å². The zero-order valence-electron chi connectivity index (χ0n) is 12.2. The summed E-state index contributed by atoms with van der Waals surface area (Å²) in [4.78, 5) is 2.15. The van der Waals surface area contributed by atoms with E-state index in [1.165, 1.54) is 0 Å². The fourth-order valence-electron chi connectivity index (χ4n) is 1.97. The third kappa shape index (κ3) is 4.46. The maximum Gasteiger partial charge on any atom is 0.122 e. The van der Waals surface area contributed by atoms with Gasteiger partial charge >= 0.3 is 0 Å². The predicted octanol–water partition coefficient (Wildman–Crippen LogP) is 2.40. The Bertz CT molecular complexity index is 452. The summed E-state index contributed by atoms with van der Waals surface area (Å²) in [5, 5.41) is 8.57. The zero-order chi connectivity index (χ0) is 14.3. The first-order valence-electron chi connectivity index (χ1n) is 6.39. The molecular weight excluding hydrogens is 240 g/mol. The van der Waals surface area contributed by atoms with Crippen LogP contribution in [0.3, 0.4) is 0 Å². The van der Waals surface area contributed by atoms with Crippen LogP contribution in [0.5, 0.6) is 11.5 Å². The van der Waals surface area contributed by atoms with Crippen LogP contribution >= 0.6 is 0 Å². The molecule has 4 heteroatoms. The highest BCUT2D eigenvalue weighted by Gasteiger charge is 2.09. The summed E-state index contributed by atoms with van der Waals surface area (Å²) in [5.41, 5.74) is 2.20. The van der Waals surface area contributed by atoms with E-state index in [0.717, 1.165) is 42.1 Å². The number of hydrogen-bond donors (Lipinski definition) is 0. The van der Waals surface area contributed by atoms with Gasteiger partial charge in [0.15, 0.2) is 0 Å². The normalized spacial score (nSPS) is 10.3. The average Bonchev–Trinajstić information content (AvgIpc) is 2.43. The van der Waals surface area contributed by atoms with Gasteiger partial charge in [-0.15, -0.1) is 0 Å². The fraction of sp³-hybridized carbons (Fsp3) is 0.533. The summed E-state index contributed by atoms with van der Waals surface area (Å²) in [6.45, 7) is 3.69. The van der Waals surface area contributed by atoms with Crippen LogP contribution in [0.2, 0.25) is 0 Å². The lowest BCUT2D eigenvalue weighted by molar-refractivity contribution is 0.341. The highest BCUT2D eigenvalue weighted by atomic mass is 16.5. The first kappa shape index (κ1) is 15.3. The van der Waals surface area contributed by atoms with Gasteiger partial charge in [0, 0.05) is 19.5 Å². The lowest BCUT2D eigenvalue weighted by atomic mass is 10.1. The van der Waals surface area contributed by atoms with Crippen molar-refractivity contribution in [3.05, 3.63) is 23.3 Å². The molecule has 0 heterocycles. The molecule has 0 bridgehead atoms. The lowest BCUT2D eigenvalue weighted by Gasteiger charge is -2.17. The van der Waals surface area contributed by atoms with Gasteiger partial charge in [-0.2, -0.15) is 5.26 Å². The molecule has 1 aromatic rings. The minimum Gasteiger partial charge on any atom is -0.496 e. The van der Waals surface area contributed by atoms with Gasteiger partial charge in [0.05, 0.1) is 20.3 Å². The Morgan fingerprint density at radius 1 is 1.16 bits per heavy atom. The number of methoxy groups -OCH3 is 2. The van der Waals surface area contributed by atoms with Crippen molar-refractivity contribution in [2.24, 2.45) is 0 Å². The molecule has 0 amide bonds. The third-order valence-corrected chi connectivity index (χ3v) is 3.17. The molecule has 0 aromatic heterocycles. The lowest BCUT2D eigenvalue weighted by Crippen LogP contribution is -2.22. The Kier molecular flexibility index (Phi) is 6.17. The maximum absolute atomic E-state index is 8.57. The van der Waals surface area contributed by atoms with Crippen molar-refractivity contribution in [1.82, 2.24) is 4.90 Å². The smallest absolute Gasteiger partial charge is 0.122 e. The van der Waals surface area contributed by atoms with Gasteiger partial charge in [-0.3, -0.25) is 0 Å². The van der Waals surface area contributed by atoms with Gasteiger partial charge in [0.1, 0.15) is 11.5 Å². The molecule has 0 aliphatic heterocycles. The van der Waals surface area contributed by atoms with Gasteiger partial charge in [-0.1, -0.05) is 0 Å². The Morgan fingerprint density at radius 3 is 2.42 bits per heavy atom. The van der Waals surface area contributed by atoms with E-state index in [1.807, 2.05) is 26.1 Å². The van der Waals surface area contributed by atoms with Crippen LogP contribution in [0, 0.1) is 18.3 Å². The van der Waals surface area contributed by atoms with Gasteiger partial charge in [0.2, 0.25) is 0 Å². The minimum absolute atomic E-state index is 0.560. The molecule has 0 N–H and O–H groups in total. The van der Waals surface area contributed by atoms with E-state index >= 15 is 0 Å². The predicted molar refractivity (Wildman–Crippen MR) is 75.7 cm³/mol. The second kappa shape index (κ2) is 7.65. The van der Waals surface area contributed by atoms with Crippen molar-refractivity contribution in [3.63, 3.8) is 0 Å². The number of rotatable bonds is 7. The molecule has 0 saturated carbocycles. The quantitative estimate of drug-likeness (QED) is 0.757. The number of ether oxygens (including phenoxy) is 2. The molecular formula is C15H22N2O2. The molecule has 0 aliphatic rings. The maximum atomic E-state index is 8.57. The summed E-state index contributed by atoms with van der Waals surface area (Å²) in [6.07, 6.45) is 1.44. The highest BCUT2D eigenvalue weighted by molar-refractivity contribution is 5.46. The van der Waals surface area contributed by atoms with Gasteiger partial charge in [-0.25, -0.2) is 0 Å². The molecule has 0 saturated heterocycles. The van der Waals surface area contributed by atoms with Crippen LogP contribution in [0.15, 0.2) is 12.1 Å². The van der Waals surface area contributed by atoms with E-state index in [1.54, 1.807) is 14.2 Å². The highest BCUT2D eigenvalue weighted by Crippen LogP contribution is 2.28. The van der Waals surface area contributed by atoms with Gasteiger partial charge < -0.3 is 14.4 Å². The van der Waals surface area contributed by atoms with Gasteiger partial charge in [0.25, 0.3) is 0 Å². The third-order valence-electron chi connectivity index (χ3n) is 3.17. The fourth-order valence-corrected chi connectivity index (χ4v) is 1.97. The minimum atomic E-state index is 0.560. The van der Waals surface area contributed by atoms with Crippen LogP contribution in [0.1, 0.15) is 17.5 Å². The Morgan fingerprint density at radius 2 is 1.84 bits per heavy atom. The Hall–Kier alpha value is -1.73.